The van der Waals surface area contributed by atoms with E-state index in [0.717, 1.165) is 23.4 Å². The fourth-order valence-corrected chi connectivity index (χ4v) is 4.00. The number of alkyl halides is 3. The Morgan fingerprint density at radius 3 is 2.09 bits per heavy atom. The highest BCUT2D eigenvalue weighted by Gasteiger charge is 2.31. The van der Waals surface area contributed by atoms with Gasteiger partial charge < -0.3 is 34.3 Å². The molecule has 0 aliphatic rings. The number of anilines is 1. The molecule has 9 nitrogen and oxygen atoms in total. The summed E-state index contributed by atoms with van der Waals surface area (Å²) < 4.78 is 58.0. The molecule has 0 fully saturated rings. The topological polar surface area (TPSA) is 107 Å². The van der Waals surface area contributed by atoms with Crippen molar-refractivity contribution in [3.63, 3.8) is 0 Å². The molecule has 0 aromatic heterocycles. The minimum absolute atomic E-state index is 0.169. The van der Waals surface area contributed by atoms with Crippen molar-refractivity contribution in [2.45, 2.75) is 38.7 Å². The Labute approximate surface area is 248 Å². The summed E-state index contributed by atoms with van der Waals surface area (Å²) in [4.78, 5) is 26.0. The fraction of sp³-hybridized carbons (Fsp3) is 0.355. The zero-order valence-corrected chi connectivity index (χ0v) is 23.7. The SMILES string of the molecule is CCOC(Cc1ccc(OCCN(CCCCOc2ccccc2)C(=O)Nc2ccc(OC(F)(F)F)cc2)cc1)C(=O)O. The van der Waals surface area contributed by atoms with Crippen molar-refractivity contribution in [3.05, 3.63) is 84.4 Å². The number of amides is 2. The highest BCUT2D eigenvalue weighted by Crippen LogP contribution is 2.24. The van der Waals surface area contributed by atoms with Crippen LogP contribution in [0.5, 0.6) is 17.2 Å². The lowest BCUT2D eigenvalue weighted by molar-refractivity contribution is -0.274. The molecule has 3 aromatic carbocycles. The van der Waals surface area contributed by atoms with Gasteiger partial charge in [-0.15, -0.1) is 13.2 Å². The van der Waals surface area contributed by atoms with Crippen LogP contribution in [-0.4, -0.2) is 67.4 Å². The third-order valence-electron chi connectivity index (χ3n) is 6.08. The van der Waals surface area contributed by atoms with Crippen LogP contribution in [0.25, 0.3) is 0 Å². The second kappa shape index (κ2) is 16.9. The summed E-state index contributed by atoms with van der Waals surface area (Å²) in [5.41, 5.74) is 1.08. The number of nitrogens with zero attached hydrogens (tertiary/aromatic N) is 1. The number of nitrogens with one attached hydrogen (secondary N) is 1. The van der Waals surface area contributed by atoms with Crippen LogP contribution in [0.15, 0.2) is 78.9 Å². The smallest absolute Gasteiger partial charge is 0.494 e. The largest absolute Gasteiger partial charge is 0.573 e. The van der Waals surface area contributed by atoms with Gasteiger partial charge in [-0.3, -0.25) is 0 Å². The molecule has 1 atom stereocenters. The lowest BCUT2D eigenvalue weighted by Crippen LogP contribution is -2.38. The van der Waals surface area contributed by atoms with E-state index in [0.29, 0.717) is 44.0 Å². The summed E-state index contributed by atoms with van der Waals surface area (Å²) in [5, 5.41) is 12.0. The number of urea groups is 1. The number of carbonyl (C=O) groups is 2. The first-order valence-electron chi connectivity index (χ1n) is 13.8. The van der Waals surface area contributed by atoms with Crippen molar-refractivity contribution < 1.29 is 46.8 Å². The number of para-hydroxylation sites is 1. The van der Waals surface area contributed by atoms with E-state index in [4.69, 9.17) is 14.2 Å². The first kappa shape index (κ1) is 33.1. The molecular weight excluding hydrogens is 569 g/mol. The van der Waals surface area contributed by atoms with E-state index < -0.39 is 30.2 Å². The normalized spacial score (nSPS) is 11.8. The standard InChI is InChI=1S/C31H35F3N2O7/c1-2-40-28(29(37)38)22-23-10-14-26(15-11-23)42-21-19-36(18-6-7-20-41-25-8-4-3-5-9-25)30(39)35-24-12-16-27(17-13-24)43-31(32,33)34/h3-5,8-17,28H,2,6-7,18-22H2,1H3,(H,35,39)(H,37,38). The van der Waals surface area contributed by atoms with Gasteiger partial charge in [0.2, 0.25) is 0 Å². The van der Waals surface area contributed by atoms with Gasteiger partial charge in [0.1, 0.15) is 23.9 Å². The minimum atomic E-state index is -4.81. The Balaban J connectivity index is 1.54. The van der Waals surface area contributed by atoms with Crippen LogP contribution in [0.2, 0.25) is 0 Å². The number of hydrogen-bond acceptors (Lipinski definition) is 6. The average molecular weight is 605 g/mol. The Hall–Kier alpha value is -4.45. The molecule has 0 bridgehead atoms. The third kappa shape index (κ3) is 12.5. The van der Waals surface area contributed by atoms with E-state index in [-0.39, 0.29) is 19.6 Å². The molecule has 232 valence electrons. The van der Waals surface area contributed by atoms with Crippen molar-refractivity contribution in [2.75, 3.05) is 38.2 Å². The highest BCUT2D eigenvalue weighted by molar-refractivity contribution is 5.89. The predicted molar refractivity (Wildman–Crippen MR) is 154 cm³/mol. The second-order valence-corrected chi connectivity index (χ2v) is 9.34. The number of unbranched alkanes of at least 4 members (excludes halogenated alkanes) is 1. The van der Waals surface area contributed by atoms with Gasteiger partial charge in [-0.2, -0.15) is 0 Å². The Bertz CT molecular complexity index is 1260. The molecule has 2 N–H and O–H groups in total. The number of rotatable bonds is 17. The van der Waals surface area contributed by atoms with Gasteiger partial charge in [0, 0.05) is 25.3 Å². The molecule has 1 unspecified atom stereocenters. The van der Waals surface area contributed by atoms with Gasteiger partial charge in [0.15, 0.2) is 6.10 Å². The van der Waals surface area contributed by atoms with Crippen LogP contribution in [-0.2, 0) is 16.0 Å². The molecule has 0 saturated carbocycles. The number of hydrogen-bond donors (Lipinski definition) is 2. The monoisotopic (exact) mass is 604 g/mol. The number of ether oxygens (including phenoxy) is 4. The molecule has 43 heavy (non-hydrogen) atoms. The van der Waals surface area contributed by atoms with Gasteiger partial charge in [-0.1, -0.05) is 30.3 Å². The van der Waals surface area contributed by atoms with Crippen LogP contribution in [0.4, 0.5) is 23.7 Å². The summed E-state index contributed by atoms with van der Waals surface area (Å²) in [7, 11) is 0. The minimum Gasteiger partial charge on any atom is -0.494 e. The number of halogens is 3. The average Bonchev–Trinajstić information content (AvgIpc) is 2.97. The van der Waals surface area contributed by atoms with E-state index in [9.17, 15) is 27.9 Å². The van der Waals surface area contributed by atoms with E-state index in [2.05, 4.69) is 10.1 Å². The summed E-state index contributed by atoms with van der Waals surface area (Å²) in [5.74, 6) is -0.121. The van der Waals surface area contributed by atoms with Crippen LogP contribution in [0.1, 0.15) is 25.3 Å². The van der Waals surface area contributed by atoms with Gasteiger partial charge in [-0.05, 0) is 73.9 Å². The Morgan fingerprint density at radius 1 is 0.837 bits per heavy atom. The molecular formula is C31H35F3N2O7. The molecule has 0 spiro atoms. The summed E-state index contributed by atoms with van der Waals surface area (Å²) >= 11 is 0. The number of benzene rings is 3. The number of aliphatic carboxylic acids is 1. The summed E-state index contributed by atoms with van der Waals surface area (Å²) in [6.07, 6.45) is -4.21. The fourth-order valence-electron chi connectivity index (χ4n) is 4.00. The van der Waals surface area contributed by atoms with Crippen LogP contribution in [0, 0.1) is 0 Å². The maximum Gasteiger partial charge on any atom is 0.573 e. The Kier molecular flexibility index (Phi) is 13.0. The molecule has 0 saturated heterocycles. The zero-order valence-electron chi connectivity index (χ0n) is 23.7. The summed E-state index contributed by atoms with van der Waals surface area (Å²) in [6, 6.07) is 20.8. The van der Waals surface area contributed by atoms with E-state index in [1.807, 2.05) is 30.3 Å². The molecule has 12 heteroatoms. The maximum atomic E-state index is 13.1. The first-order valence-corrected chi connectivity index (χ1v) is 13.8. The quantitative estimate of drug-likeness (QED) is 0.172. The lowest BCUT2D eigenvalue weighted by atomic mass is 10.1. The maximum absolute atomic E-state index is 13.1. The Morgan fingerprint density at radius 2 is 1.47 bits per heavy atom. The van der Waals surface area contributed by atoms with E-state index in [1.165, 1.54) is 12.1 Å². The van der Waals surface area contributed by atoms with Gasteiger partial charge in [-0.25, -0.2) is 9.59 Å². The number of carboxylic acid groups (broad SMARTS) is 1. The lowest BCUT2D eigenvalue weighted by Gasteiger charge is -2.23. The molecule has 0 aliphatic carbocycles. The molecule has 0 radical (unpaired) electrons. The number of carboxylic acids is 1. The second-order valence-electron chi connectivity index (χ2n) is 9.34. The van der Waals surface area contributed by atoms with Crippen molar-refractivity contribution in [2.24, 2.45) is 0 Å². The van der Waals surface area contributed by atoms with Crippen LogP contribution >= 0.6 is 0 Å². The van der Waals surface area contributed by atoms with E-state index in [1.54, 1.807) is 36.1 Å². The van der Waals surface area contributed by atoms with E-state index >= 15 is 0 Å². The molecule has 3 aromatic rings. The van der Waals surface area contributed by atoms with Gasteiger partial charge in [0.25, 0.3) is 0 Å². The molecule has 3 rings (SSSR count). The van der Waals surface area contributed by atoms with Gasteiger partial charge in [0.05, 0.1) is 13.2 Å². The summed E-state index contributed by atoms with van der Waals surface area (Å²) in [6.45, 7) is 3.28. The number of carbonyl (C=O) groups excluding carboxylic acids is 1. The van der Waals surface area contributed by atoms with Crippen LogP contribution in [0.3, 0.4) is 0 Å². The van der Waals surface area contributed by atoms with Crippen molar-refractivity contribution in [3.8, 4) is 17.2 Å². The zero-order chi connectivity index (χ0) is 31.1. The first-order chi connectivity index (χ1) is 20.6. The van der Waals surface area contributed by atoms with Crippen molar-refractivity contribution >= 4 is 17.7 Å². The van der Waals surface area contributed by atoms with Crippen LogP contribution < -0.4 is 19.5 Å². The highest BCUT2D eigenvalue weighted by atomic mass is 19.4. The third-order valence-corrected chi connectivity index (χ3v) is 6.08. The predicted octanol–water partition coefficient (Wildman–Crippen LogP) is 6.39. The molecule has 2 amide bonds. The molecule has 0 heterocycles. The van der Waals surface area contributed by atoms with Crippen molar-refractivity contribution in [1.82, 2.24) is 4.90 Å². The van der Waals surface area contributed by atoms with Gasteiger partial charge >= 0.3 is 18.4 Å². The molecule has 0 aliphatic heterocycles. The van der Waals surface area contributed by atoms with Crippen molar-refractivity contribution in [1.29, 1.82) is 0 Å².